The van der Waals surface area contributed by atoms with Gasteiger partial charge >= 0.3 is 12.1 Å². The zero-order chi connectivity index (χ0) is 19.0. The van der Waals surface area contributed by atoms with Crippen LogP contribution in [-0.4, -0.2) is 28.8 Å². The summed E-state index contributed by atoms with van der Waals surface area (Å²) in [5.74, 6) is -0.937. The number of carboxylic acids is 1. The fraction of sp³-hybridized carbons (Fsp3) is 0.150. The van der Waals surface area contributed by atoms with E-state index in [0.29, 0.717) is 4.88 Å². The lowest BCUT2D eigenvalue weighted by atomic mass is 9.98. The van der Waals surface area contributed by atoms with Crippen LogP contribution < -0.4 is 5.32 Å². The van der Waals surface area contributed by atoms with Gasteiger partial charge in [-0.3, -0.25) is 5.32 Å². The quantitative estimate of drug-likeness (QED) is 0.695. The van der Waals surface area contributed by atoms with Crippen molar-refractivity contribution in [3.8, 4) is 11.1 Å². The van der Waals surface area contributed by atoms with E-state index in [0.717, 1.165) is 33.6 Å². The molecule has 1 aromatic heterocycles. The van der Waals surface area contributed by atoms with E-state index in [1.165, 1.54) is 0 Å². The lowest BCUT2D eigenvalue weighted by molar-refractivity contribution is 0.0696. The molecule has 0 saturated heterocycles. The minimum Gasteiger partial charge on any atom is -0.476 e. The first kappa shape index (κ1) is 17.2. The molecule has 0 spiro atoms. The van der Waals surface area contributed by atoms with Crippen LogP contribution in [0.4, 0.5) is 10.6 Å². The molecule has 3 aromatic rings. The molecule has 2 N–H and O–H groups in total. The molecule has 1 aliphatic rings. The van der Waals surface area contributed by atoms with Crippen molar-refractivity contribution < 1.29 is 19.4 Å². The molecule has 0 unspecified atom stereocenters. The molecule has 27 heavy (non-hydrogen) atoms. The predicted octanol–water partition coefficient (Wildman–Crippen LogP) is 4.51. The van der Waals surface area contributed by atoms with Gasteiger partial charge in [0.25, 0.3) is 0 Å². The molecule has 2 aromatic carbocycles. The first-order chi connectivity index (χ1) is 13.0. The van der Waals surface area contributed by atoms with Gasteiger partial charge in [0.05, 0.1) is 0 Å². The highest BCUT2D eigenvalue weighted by Gasteiger charge is 2.29. The standard InChI is InChI=1S/C20H16N2O4S/c1-11-17(21-18(27-11)19(23)24)22-20(25)26-10-16-14-8-4-2-6-12(14)13-7-3-5-9-15(13)16/h2-9,16H,10H2,1H3,(H,22,25)(H,23,24). The minimum atomic E-state index is -1.12. The van der Waals surface area contributed by atoms with Gasteiger partial charge in [0, 0.05) is 10.8 Å². The Balaban J connectivity index is 1.49. The number of nitrogens with zero attached hydrogens (tertiary/aromatic N) is 1. The zero-order valence-corrected chi connectivity index (χ0v) is 15.2. The van der Waals surface area contributed by atoms with Crippen LogP contribution in [0.1, 0.15) is 31.7 Å². The van der Waals surface area contributed by atoms with E-state index in [-0.39, 0.29) is 23.4 Å². The Hall–Kier alpha value is -3.19. The molecule has 0 atom stereocenters. The highest BCUT2D eigenvalue weighted by Crippen LogP contribution is 2.44. The lowest BCUT2D eigenvalue weighted by Gasteiger charge is -2.14. The van der Waals surface area contributed by atoms with Gasteiger partial charge in [-0.2, -0.15) is 0 Å². The number of hydrogen-bond donors (Lipinski definition) is 2. The molecule has 0 fully saturated rings. The molecule has 0 bridgehead atoms. The summed E-state index contributed by atoms with van der Waals surface area (Å²) in [6.07, 6.45) is -0.651. The van der Waals surface area contributed by atoms with E-state index in [2.05, 4.69) is 22.4 Å². The third kappa shape index (κ3) is 3.17. The van der Waals surface area contributed by atoms with Gasteiger partial charge in [-0.25, -0.2) is 14.6 Å². The van der Waals surface area contributed by atoms with E-state index < -0.39 is 12.1 Å². The summed E-state index contributed by atoms with van der Waals surface area (Å²) in [6, 6.07) is 16.2. The van der Waals surface area contributed by atoms with E-state index >= 15 is 0 Å². The Morgan fingerprint density at radius 1 is 1.11 bits per heavy atom. The normalized spacial score (nSPS) is 12.3. The summed E-state index contributed by atoms with van der Waals surface area (Å²) in [7, 11) is 0. The molecule has 0 radical (unpaired) electrons. The van der Waals surface area contributed by atoms with Crippen LogP contribution in [0, 0.1) is 6.92 Å². The number of benzene rings is 2. The zero-order valence-electron chi connectivity index (χ0n) is 14.4. The highest BCUT2D eigenvalue weighted by molar-refractivity contribution is 7.13. The van der Waals surface area contributed by atoms with Crippen LogP contribution in [-0.2, 0) is 4.74 Å². The van der Waals surface area contributed by atoms with Crippen LogP contribution in [0.2, 0.25) is 0 Å². The molecule has 1 heterocycles. The van der Waals surface area contributed by atoms with E-state index in [4.69, 9.17) is 9.84 Å². The molecule has 7 heteroatoms. The SMILES string of the molecule is Cc1sc(C(=O)O)nc1NC(=O)OCC1c2ccccc2-c2ccccc21. The topological polar surface area (TPSA) is 88.5 Å². The fourth-order valence-electron chi connectivity index (χ4n) is 3.34. The van der Waals surface area contributed by atoms with Crippen LogP contribution in [0.3, 0.4) is 0 Å². The summed E-state index contributed by atoms with van der Waals surface area (Å²) in [5.41, 5.74) is 4.57. The summed E-state index contributed by atoms with van der Waals surface area (Å²) in [4.78, 5) is 27.7. The van der Waals surface area contributed by atoms with Crippen molar-refractivity contribution in [3.63, 3.8) is 0 Å². The number of carbonyl (C=O) groups is 2. The highest BCUT2D eigenvalue weighted by atomic mass is 32.1. The van der Waals surface area contributed by atoms with Gasteiger partial charge in [0.1, 0.15) is 12.4 Å². The molecular weight excluding hydrogens is 364 g/mol. The fourth-order valence-corrected chi connectivity index (χ4v) is 4.04. The number of aryl methyl sites for hydroxylation is 1. The second kappa shape index (κ2) is 6.85. The second-order valence-corrected chi connectivity index (χ2v) is 7.38. The number of aromatic nitrogens is 1. The molecule has 0 aliphatic heterocycles. The third-order valence-corrected chi connectivity index (χ3v) is 5.50. The third-order valence-electron chi connectivity index (χ3n) is 4.54. The first-order valence-electron chi connectivity index (χ1n) is 8.37. The van der Waals surface area contributed by atoms with Gasteiger partial charge in [-0.05, 0) is 29.2 Å². The number of fused-ring (bicyclic) bond motifs is 3. The molecule has 1 amide bonds. The number of carboxylic acid groups (broad SMARTS) is 1. The Morgan fingerprint density at radius 3 is 2.26 bits per heavy atom. The Bertz CT molecular complexity index is 998. The predicted molar refractivity (Wildman–Crippen MR) is 103 cm³/mol. The van der Waals surface area contributed by atoms with E-state index in [1.807, 2.05) is 36.4 Å². The number of ether oxygens (including phenoxy) is 1. The molecular formula is C20H16N2O4S. The summed E-state index contributed by atoms with van der Waals surface area (Å²) >= 11 is 1.01. The number of carbonyl (C=O) groups excluding carboxylic acids is 1. The molecule has 4 rings (SSSR count). The van der Waals surface area contributed by atoms with Crippen molar-refractivity contribution in [2.24, 2.45) is 0 Å². The van der Waals surface area contributed by atoms with Crippen molar-refractivity contribution in [3.05, 3.63) is 69.5 Å². The monoisotopic (exact) mass is 380 g/mol. The maximum absolute atomic E-state index is 12.2. The van der Waals surface area contributed by atoms with Crippen molar-refractivity contribution in [1.82, 2.24) is 4.98 Å². The summed E-state index contributed by atoms with van der Waals surface area (Å²) in [6.45, 7) is 1.89. The number of hydrogen-bond acceptors (Lipinski definition) is 5. The number of nitrogens with one attached hydrogen (secondary N) is 1. The maximum Gasteiger partial charge on any atom is 0.412 e. The van der Waals surface area contributed by atoms with Gasteiger partial charge in [-0.15, -0.1) is 11.3 Å². The maximum atomic E-state index is 12.2. The average molecular weight is 380 g/mol. The van der Waals surface area contributed by atoms with Gasteiger partial charge < -0.3 is 9.84 Å². The second-order valence-electron chi connectivity index (χ2n) is 6.18. The molecule has 136 valence electrons. The Morgan fingerprint density at radius 2 is 1.70 bits per heavy atom. The Labute approximate surface area is 159 Å². The van der Waals surface area contributed by atoms with Crippen molar-refractivity contribution in [1.29, 1.82) is 0 Å². The van der Waals surface area contributed by atoms with Gasteiger partial charge in [0.15, 0.2) is 0 Å². The van der Waals surface area contributed by atoms with Crippen molar-refractivity contribution in [2.75, 3.05) is 11.9 Å². The largest absolute Gasteiger partial charge is 0.476 e. The Kier molecular flexibility index (Phi) is 4.37. The molecule has 6 nitrogen and oxygen atoms in total. The molecule has 1 aliphatic carbocycles. The first-order valence-corrected chi connectivity index (χ1v) is 9.19. The number of aromatic carboxylic acids is 1. The molecule has 0 saturated carbocycles. The average Bonchev–Trinajstić information content (AvgIpc) is 3.19. The van der Waals surface area contributed by atoms with Crippen LogP contribution >= 0.6 is 11.3 Å². The van der Waals surface area contributed by atoms with Crippen molar-refractivity contribution >= 4 is 29.2 Å². The van der Waals surface area contributed by atoms with Crippen molar-refractivity contribution in [2.45, 2.75) is 12.8 Å². The van der Waals surface area contributed by atoms with Crippen LogP contribution in [0.5, 0.6) is 0 Å². The van der Waals surface area contributed by atoms with E-state index in [1.54, 1.807) is 6.92 Å². The van der Waals surface area contributed by atoms with Crippen LogP contribution in [0.15, 0.2) is 48.5 Å². The van der Waals surface area contributed by atoms with Gasteiger partial charge in [-0.1, -0.05) is 48.5 Å². The number of rotatable bonds is 4. The lowest BCUT2D eigenvalue weighted by Crippen LogP contribution is -2.18. The number of amides is 1. The smallest absolute Gasteiger partial charge is 0.412 e. The minimum absolute atomic E-state index is 0.0331. The number of anilines is 1. The van der Waals surface area contributed by atoms with Crippen LogP contribution in [0.25, 0.3) is 11.1 Å². The number of thiazole rings is 1. The van der Waals surface area contributed by atoms with E-state index in [9.17, 15) is 9.59 Å². The summed E-state index contributed by atoms with van der Waals surface area (Å²) in [5, 5.41) is 11.5. The van der Waals surface area contributed by atoms with Gasteiger partial charge in [0.2, 0.25) is 5.01 Å². The summed E-state index contributed by atoms with van der Waals surface area (Å²) < 4.78 is 5.44.